The first-order chi connectivity index (χ1) is 7.38. The van der Waals surface area contributed by atoms with Gasteiger partial charge in [0.2, 0.25) is 0 Å². The van der Waals surface area contributed by atoms with Crippen LogP contribution in [-0.2, 0) is 9.53 Å². The number of carbonyl (C=O) groups is 1. The highest BCUT2D eigenvalue weighted by Crippen LogP contribution is 2.07. The molecule has 0 aromatic carbocycles. The Hall–Kier alpha value is -0.290. The summed E-state index contributed by atoms with van der Waals surface area (Å²) in [4.78, 5) is 13.1. The predicted molar refractivity (Wildman–Crippen MR) is 71.8 cm³/mol. The molecule has 0 aliphatic heterocycles. The van der Waals surface area contributed by atoms with Crippen molar-refractivity contribution in [1.82, 2.24) is 4.90 Å². The van der Waals surface area contributed by atoms with Crippen LogP contribution in [-0.4, -0.2) is 54.7 Å². The van der Waals surface area contributed by atoms with Crippen molar-refractivity contribution in [1.29, 1.82) is 0 Å². The number of hydrogen-bond donors (Lipinski definition) is 1. The lowest BCUT2D eigenvalue weighted by Gasteiger charge is -2.25. The normalized spacial score (nSPS) is 13.8. The smallest absolute Gasteiger partial charge is 0.333 e. The van der Waals surface area contributed by atoms with E-state index in [2.05, 4.69) is 6.58 Å². The molecule has 0 aromatic rings. The molecule has 0 amide bonds. The molecule has 2 atom stereocenters. The molecule has 0 radical (unpaired) electrons. The average molecular weight is 286 g/mol. The number of alkyl halides is 1. The second-order valence-electron chi connectivity index (χ2n) is 4.04. The van der Waals surface area contributed by atoms with Crippen molar-refractivity contribution >= 4 is 30.0 Å². The van der Waals surface area contributed by atoms with Crippen molar-refractivity contribution in [3.63, 3.8) is 0 Å². The number of rotatable bonds is 7. The zero-order chi connectivity index (χ0) is 12.7. The van der Waals surface area contributed by atoms with Crippen LogP contribution in [0.1, 0.15) is 13.3 Å². The summed E-state index contributed by atoms with van der Waals surface area (Å²) in [5, 5.41) is 9.43. The second-order valence-corrected chi connectivity index (χ2v) is 4.35. The zero-order valence-corrected chi connectivity index (χ0v) is 12.1. The standard InChI is InChI=1S/C11H20ClNO3.ClH/c1-8(2)11(15)16-7-9(13(3)4)5-10(14)6-12;/h9-10,14H,1,5-7H2,2-4H3;1H. The minimum absolute atomic E-state index is 0. The van der Waals surface area contributed by atoms with E-state index in [1.165, 1.54) is 0 Å². The molecule has 0 aliphatic carbocycles. The largest absolute Gasteiger partial charge is 0.461 e. The summed E-state index contributed by atoms with van der Waals surface area (Å²) in [6.07, 6.45) is -0.113. The molecule has 0 saturated heterocycles. The summed E-state index contributed by atoms with van der Waals surface area (Å²) in [7, 11) is 3.72. The van der Waals surface area contributed by atoms with Crippen molar-refractivity contribution in [2.75, 3.05) is 26.6 Å². The average Bonchev–Trinajstić information content (AvgIpc) is 2.22. The van der Waals surface area contributed by atoms with Crippen molar-refractivity contribution in [2.24, 2.45) is 0 Å². The SMILES string of the molecule is C=C(C)C(=O)OCC(CC(O)CCl)N(C)C.Cl. The summed E-state index contributed by atoms with van der Waals surface area (Å²) < 4.78 is 5.04. The molecule has 4 nitrogen and oxygen atoms in total. The van der Waals surface area contributed by atoms with Gasteiger partial charge >= 0.3 is 5.97 Å². The Balaban J connectivity index is 0. The fourth-order valence-corrected chi connectivity index (χ4v) is 1.23. The zero-order valence-electron chi connectivity index (χ0n) is 10.5. The van der Waals surface area contributed by atoms with E-state index in [1.54, 1.807) is 6.92 Å². The highest BCUT2D eigenvalue weighted by Gasteiger charge is 2.18. The van der Waals surface area contributed by atoms with E-state index in [1.807, 2.05) is 19.0 Å². The van der Waals surface area contributed by atoms with Crippen LogP contribution in [0.25, 0.3) is 0 Å². The number of halogens is 2. The first-order valence-corrected chi connectivity index (χ1v) is 5.65. The van der Waals surface area contributed by atoms with E-state index in [-0.39, 0.29) is 30.9 Å². The monoisotopic (exact) mass is 285 g/mol. The lowest BCUT2D eigenvalue weighted by Crippen LogP contribution is -2.37. The highest BCUT2D eigenvalue weighted by molar-refractivity contribution is 6.18. The van der Waals surface area contributed by atoms with Gasteiger partial charge in [-0.2, -0.15) is 0 Å². The molecule has 6 heteroatoms. The van der Waals surface area contributed by atoms with E-state index < -0.39 is 12.1 Å². The number of ether oxygens (including phenoxy) is 1. The van der Waals surface area contributed by atoms with Crippen LogP contribution in [0.4, 0.5) is 0 Å². The number of aliphatic hydroxyl groups excluding tert-OH is 1. The predicted octanol–water partition coefficient (Wildman–Crippen LogP) is 1.45. The first kappa shape index (κ1) is 19.1. The van der Waals surface area contributed by atoms with Crippen LogP contribution in [0.2, 0.25) is 0 Å². The quantitative estimate of drug-likeness (QED) is 0.437. The summed E-state index contributed by atoms with van der Waals surface area (Å²) in [5.41, 5.74) is 0.371. The summed E-state index contributed by atoms with van der Waals surface area (Å²) in [5.74, 6) is -0.231. The van der Waals surface area contributed by atoms with Gasteiger partial charge in [-0.15, -0.1) is 24.0 Å². The number of hydrogen-bond acceptors (Lipinski definition) is 4. The first-order valence-electron chi connectivity index (χ1n) is 5.11. The van der Waals surface area contributed by atoms with Gasteiger partial charge in [0.15, 0.2) is 0 Å². The van der Waals surface area contributed by atoms with E-state index in [0.717, 1.165) is 0 Å². The number of carbonyl (C=O) groups excluding carboxylic acids is 1. The maximum atomic E-state index is 11.2. The Kier molecular flexibility index (Phi) is 10.9. The van der Waals surface area contributed by atoms with Crippen LogP contribution in [0, 0.1) is 0 Å². The molecule has 0 saturated carbocycles. The van der Waals surface area contributed by atoms with Crippen LogP contribution in [0.3, 0.4) is 0 Å². The molecular weight excluding hydrogens is 265 g/mol. The third-order valence-electron chi connectivity index (χ3n) is 2.21. The fourth-order valence-electron chi connectivity index (χ4n) is 1.10. The molecule has 0 rings (SSSR count). The van der Waals surface area contributed by atoms with E-state index >= 15 is 0 Å². The van der Waals surface area contributed by atoms with Gasteiger partial charge < -0.3 is 14.7 Å². The number of likely N-dealkylation sites (N-methyl/N-ethyl adjacent to an activating group) is 1. The highest BCUT2D eigenvalue weighted by atomic mass is 35.5. The summed E-state index contributed by atoms with van der Waals surface area (Å²) in [6.45, 7) is 5.32. The molecule has 0 aliphatic rings. The van der Waals surface area contributed by atoms with E-state index in [4.69, 9.17) is 16.3 Å². The van der Waals surface area contributed by atoms with Crippen molar-refractivity contribution in [2.45, 2.75) is 25.5 Å². The molecule has 0 fully saturated rings. The Morgan fingerprint density at radius 2 is 2.06 bits per heavy atom. The molecule has 2 unspecified atom stereocenters. The number of nitrogens with zero attached hydrogens (tertiary/aromatic N) is 1. The maximum absolute atomic E-state index is 11.2. The molecule has 0 spiro atoms. The van der Waals surface area contributed by atoms with Crippen LogP contribution < -0.4 is 0 Å². The summed E-state index contributed by atoms with van der Waals surface area (Å²) in [6, 6.07) is -0.0444. The molecule has 102 valence electrons. The minimum atomic E-state index is -0.586. The Morgan fingerprint density at radius 1 is 1.53 bits per heavy atom. The van der Waals surface area contributed by atoms with Crippen LogP contribution in [0.15, 0.2) is 12.2 Å². The third kappa shape index (κ3) is 8.44. The van der Waals surface area contributed by atoms with Gasteiger partial charge in [-0.05, 0) is 27.4 Å². The Labute approximate surface area is 114 Å². The number of aliphatic hydroxyl groups is 1. The van der Waals surface area contributed by atoms with Crippen molar-refractivity contribution in [3.05, 3.63) is 12.2 Å². The van der Waals surface area contributed by atoms with Crippen LogP contribution in [0.5, 0.6) is 0 Å². The Morgan fingerprint density at radius 3 is 2.41 bits per heavy atom. The topological polar surface area (TPSA) is 49.8 Å². The molecule has 0 bridgehead atoms. The lowest BCUT2D eigenvalue weighted by atomic mass is 10.1. The van der Waals surface area contributed by atoms with Gasteiger partial charge in [-0.25, -0.2) is 4.79 Å². The second kappa shape index (κ2) is 9.71. The van der Waals surface area contributed by atoms with E-state index in [9.17, 15) is 9.90 Å². The molecule has 1 N–H and O–H groups in total. The van der Waals surface area contributed by atoms with E-state index in [0.29, 0.717) is 12.0 Å². The van der Waals surface area contributed by atoms with Crippen LogP contribution >= 0.6 is 24.0 Å². The summed E-state index contributed by atoms with van der Waals surface area (Å²) >= 11 is 5.52. The molecular formula is C11H21Cl2NO3. The van der Waals surface area contributed by atoms with Gasteiger partial charge in [-0.3, -0.25) is 0 Å². The van der Waals surface area contributed by atoms with Gasteiger partial charge in [0, 0.05) is 17.5 Å². The van der Waals surface area contributed by atoms with Gasteiger partial charge in [0.1, 0.15) is 6.61 Å². The molecule has 0 aromatic heterocycles. The van der Waals surface area contributed by atoms with Gasteiger partial charge in [0.25, 0.3) is 0 Å². The Bertz CT molecular complexity index is 247. The molecule has 0 heterocycles. The van der Waals surface area contributed by atoms with Crippen molar-refractivity contribution < 1.29 is 14.6 Å². The van der Waals surface area contributed by atoms with Gasteiger partial charge in [-0.1, -0.05) is 6.58 Å². The molecule has 17 heavy (non-hydrogen) atoms. The van der Waals surface area contributed by atoms with Gasteiger partial charge in [0.05, 0.1) is 6.10 Å². The minimum Gasteiger partial charge on any atom is -0.461 e. The maximum Gasteiger partial charge on any atom is 0.333 e. The lowest BCUT2D eigenvalue weighted by molar-refractivity contribution is -0.140. The number of esters is 1. The fraction of sp³-hybridized carbons (Fsp3) is 0.727. The van der Waals surface area contributed by atoms with Crippen molar-refractivity contribution in [3.8, 4) is 0 Å². The third-order valence-corrected chi connectivity index (χ3v) is 2.56.